The van der Waals surface area contributed by atoms with Crippen LogP contribution in [0.25, 0.3) is 0 Å². The number of carbonyl (C=O) groups excluding carboxylic acids is 1. The van der Waals surface area contributed by atoms with E-state index in [1.54, 1.807) is 0 Å². The Morgan fingerprint density at radius 2 is 1.95 bits per heavy atom. The van der Waals surface area contributed by atoms with Crippen LogP contribution in [-0.4, -0.2) is 42.9 Å². The molecule has 1 aromatic carbocycles. The minimum atomic E-state index is 0.281. The molecule has 0 aliphatic carbocycles. The maximum atomic E-state index is 11.9. The molecule has 0 atom stereocenters. The van der Waals surface area contributed by atoms with Gasteiger partial charge in [0, 0.05) is 25.3 Å². The predicted octanol–water partition coefficient (Wildman–Crippen LogP) is 2.56. The highest BCUT2D eigenvalue weighted by Crippen LogP contribution is 2.14. The molecule has 0 unspecified atom stereocenters. The maximum Gasteiger partial charge on any atom is 0.222 e. The van der Waals surface area contributed by atoms with Gasteiger partial charge < -0.3 is 9.64 Å². The van der Waals surface area contributed by atoms with Gasteiger partial charge in [-0.05, 0) is 17.7 Å². The average Bonchev–Trinajstić information content (AvgIpc) is 2.49. The van der Waals surface area contributed by atoms with E-state index in [0.29, 0.717) is 19.6 Å². The van der Waals surface area contributed by atoms with Gasteiger partial charge in [0.25, 0.3) is 0 Å². The van der Waals surface area contributed by atoms with Crippen LogP contribution >= 0.6 is 11.8 Å². The lowest BCUT2D eigenvalue weighted by Crippen LogP contribution is -2.40. The smallest absolute Gasteiger partial charge is 0.222 e. The van der Waals surface area contributed by atoms with Crippen LogP contribution in [0.1, 0.15) is 18.4 Å². The molecule has 1 heterocycles. The molecular formula is C15H21NO2S. The zero-order valence-electron chi connectivity index (χ0n) is 11.2. The summed E-state index contributed by atoms with van der Waals surface area (Å²) < 4.78 is 5.24. The largest absolute Gasteiger partial charge is 0.378 e. The SMILES string of the molecule is O=C(CCCSCc1ccccc1)N1CCOCC1. The van der Waals surface area contributed by atoms with Gasteiger partial charge in [0.15, 0.2) is 0 Å². The summed E-state index contributed by atoms with van der Waals surface area (Å²) in [6.45, 7) is 2.90. The Kier molecular flexibility index (Phi) is 6.24. The Hall–Kier alpha value is -1.00. The van der Waals surface area contributed by atoms with Crippen LogP contribution < -0.4 is 0 Å². The van der Waals surface area contributed by atoms with Crippen molar-refractivity contribution >= 4 is 17.7 Å². The van der Waals surface area contributed by atoms with E-state index < -0.39 is 0 Å². The molecule has 0 saturated carbocycles. The molecule has 0 radical (unpaired) electrons. The molecule has 19 heavy (non-hydrogen) atoms. The molecule has 0 aromatic heterocycles. The second-order valence-electron chi connectivity index (χ2n) is 4.63. The van der Waals surface area contributed by atoms with Crippen LogP contribution in [0.2, 0.25) is 0 Å². The van der Waals surface area contributed by atoms with Crippen molar-refractivity contribution in [1.29, 1.82) is 0 Å². The van der Waals surface area contributed by atoms with E-state index in [1.807, 2.05) is 22.7 Å². The number of amides is 1. The summed E-state index contributed by atoms with van der Waals surface area (Å²) >= 11 is 1.90. The standard InChI is InChI=1S/C15H21NO2S/c17-15(16-8-10-18-11-9-16)7-4-12-19-13-14-5-2-1-3-6-14/h1-3,5-6H,4,7-13H2. The van der Waals surface area contributed by atoms with Crippen LogP contribution in [0.15, 0.2) is 30.3 Å². The molecule has 1 aromatic rings. The van der Waals surface area contributed by atoms with E-state index in [-0.39, 0.29) is 5.91 Å². The Morgan fingerprint density at radius 3 is 2.68 bits per heavy atom. The topological polar surface area (TPSA) is 29.5 Å². The number of rotatable bonds is 6. The molecule has 0 N–H and O–H groups in total. The Morgan fingerprint density at radius 1 is 1.21 bits per heavy atom. The van der Waals surface area contributed by atoms with Crippen molar-refractivity contribution in [2.75, 3.05) is 32.1 Å². The van der Waals surface area contributed by atoms with E-state index >= 15 is 0 Å². The third-order valence-electron chi connectivity index (χ3n) is 3.15. The van der Waals surface area contributed by atoms with Crippen LogP contribution in [0.5, 0.6) is 0 Å². The summed E-state index contributed by atoms with van der Waals surface area (Å²) in [7, 11) is 0. The van der Waals surface area contributed by atoms with Crippen molar-refractivity contribution in [1.82, 2.24) is 4.90 Å². The number of benzene rings is 1. The minimum absolute atomic E-state index is 0.281. The first-order valence-corrected chi connectivity index (χ1v) is 7.99. The fourth-order valence-corrected chi connectivity index (χ4v) is 2.98. The highest BCUT2D eigenvalue weighted by atomic mass is 32.2. The molecular weight excluding hydrogens is 258 g/mol. The fourth-order valence-electron chi connectivity index (χ4n) is 2.06. The maximum absolute atomic E-state index is 11.9. The lowest BCUT2D eigenvalue weighted by Gasteiger charge is -2.26. The molecule has 0 bridgehead atoms. The number of hydrogen-bond acceptors (Lipinski definition) is 3. The van der Waals surface area contributed by atoms with Crippen molar-refractivity contribution in [2.45, 2.75) is 18.6 Å². The van der Waals surface area contributed by atoms with Crippen molar-refractivity contribution in [2.24, 2.45) is 0 Å². The average molecular weight is 279 g/mol. The van der Waals surface area contributed by atoms with Gasteiger partial charge in [-0.3, -0.25) is 4.79 Å². The van der Waals surface area contributed by atoms with Gasteiger partial charge >= 0.3 is 0 Å². The van der Waals surface area contributed by atoms with Crippen molar-refractivity contribution in [3.05, 3.63) is 35.9 Å². The van der Waals surface area contributed by atoms with Crippen molar-refractivity contribution in [3.8, 4) is 0 Å². The van der Waals surface area contributed by atoms with Crippen molar-refractivity contribution < 1.29 is 9.53 Å². The Balaban J connectivity index is 1.55. The second-order valence-corrected chi connectivity index (χ2v) is 5.74. The van der Waals surface area contributed by atoms with Gasteiger partial charge in [-0.25, -0.2) is 0 Å². The monoisotopic (exact) mass is 279 g/mol. The molecule has 2 rings (SSSR count). The molecule has 3 nitrogen and oxygen atoms in total. The van der Waals surface area contributed by atoms with Gasteiger partial charge in [-0.2, -0.15) is 11.8 Å². The minimum Gasteiger partial charge on any atom is -0.378 e. The number of thioether (sulfide) groups is 1. The molecule has 1 saturated heterocycles. The van der Waals surface area contributed by atoms with Gasteiger partial charge in [0.05, 0.1) is 13.2 Å². The Labute approximate surface area is 119 Å². The number of hydrogen-bond donors (Lipinski definition) is 0. The highest BCUT2D eigenvalue weighted by molar-refractivity contribution is 7.98. The van der Waals surface area contributed by atoms with Gasteiger partial charge in [0.2, 0.25) is 5.91 Å². The lowest BCUT2D eigenvalue weighted by molar-refractivity contribution is -0.135. The predicted molar refractivity (Wildman–Crippen MR) is 79.2 cm³/mol. The number of nitrogens with zero attached hydrogens (tertiary/aromatic N) is 1. The Bertz CT molecular complexity index is 377. The molecule has 1 aliphatic rings. The van der Waals surface area contributed by atoms with E-state index in [2.05, 4.69) is 24.3 Å². The molecule has 0 spiro atoms. The molecule has 1 amide bonds. The third kappa shape index (κ3) is 5.25. The number of ether oxygens (including phenoxy) is 1. The quantitative estimate of drug-likeness (QED) is 0.750. The van der Waals surface area contributed by atoms with Gasteiger partial charge in [-0.15, -0.1) is 0 Å². The normalized spacial score (nSPS) is 15.5. The zero-order valence-corrected chi connectivity index (χ0v) is 12.0. The van der Waals surface area contributed by atoms with Crippen LogP contribution in [0, 0.1) is 0 Å². The molecule has 1 aliphatic heterocycles. The van der Waals surface area contributed by atoms with Gasteiger partial charge in [0.1, 0.15) is 0 Å². The summed E-state index contributed by atoms with van der Waals surface area (Å²) in [5.74, 6) is 2.36. The fraction of sp³-hybridized carbons (Fsp3) is 0.533. The molecule has 4 heteroatoms. The zero-order chi connectivity index (χ0) is 13.3. The van der Waals surface area contributed by atoms with E-state index in [1.165, 1.54) is 5.56 Å². The van der Waals surface area contributed by atoms with E-state index in [9.17, 15) is 4.79 Å². The van der Waals surface area contributed by atoms with Crippen LogP contribution in [0.4, 0.5) is 0 Å². The first kappa shape index (κ1) is 14.4. The highest BCUT2D eigenvalue weighted by Gasteiger charge is 2.15. The summed E-state index contributed by atoms with van der Waals surface area (Å²) in [4.78, 5) is 13.8. The molecule has 1 fully saturated rings. The third-order valence-corrected chi connectivity index (χ3v) is 4.27. The number of morpholine rings is 1. The van der Waals surface area contributed by atoms with E-state index in [0.717, 1.165) is 31.0 Å². The second kappa shape index (κ2) is 8.23. The summed E-state index contributed by atoms with van der Waals surface area (Å²) in [5.41, 5.74) is 1.35. The summed E-state index contributed by atoms with van der Waals surface area (Å²) in [6.07, 6.45) is 1.63. The summed E-state index contributed by atoms with van der Waals surface area (Å²) in [5, 5.41) is 0. The van der Waals surface area contributed by atoms with E-state index in [4.69, 9.17) is 4.74 Å². The first-order valence-electron chi connectivity index (χ1n) is 6.83. The number of carbonyl (C=O) groups is 1. The van der Waals surface area contributed by atoms with Crippen LogP contribution in [0.3, 0.4) is 0 Å². The lowest BCUT2D eigenvalue weighted by atomic mass is 10.2. The summed E-state index contributed by atoms with van der Waals surface area (Å²) in [6, 6.07) is 10.5. The molecule has 104 valence electrons. The van der Waals surface area contributed by atoms with Gasteiger partial charge in [-0.1, -0.05) is 30.3 Å². The van der Waals surface area contributed by atoms with Crippen molar-refractivity contribution in [3.63, 3.8) is 0 Å². The first-order chi connectivity index (χ1) is 9.36. The van der Waals surface area contributed by atoms with Crippen LogP contribution in [-0.2, 0) is 15.3 Å².